The van der Waals surface area contributed by atoms with E-state index in [0.717, 1.165) is 32.4 Å². The molecule has 15 heavy (non-hydrogen) atoms. The third-order valence-electron chi connectivity index (χ3n) is 3.21. The van der Waals surface area contributed by atoms with Gasteiger partial charge in [0.25, 0.3) is 0 Å². The highest BCUT2D eigenvalue weighted by Gasteiger charge is 2.25. The van der Waals surface area contributed by atoms with Gasteiger partial charge in [-0.05, 0) is 19.3 Å². The molecule has 0 aromatic carbocycles. The van der Waals surface area contributed by atoms with Crippen molar-refractivity contribution in [3.63, 3.8) is 0 Å². The van der Waals surface area contributed by atoms with Crippen molar-refractivity contribution in [2.24, 2.45) is 0 Å². The third kappa shape index (κ3) is 3.80. The van der Waals surface area contributed by atoms with Crippen LogP contribution in [-0.4, -0.2) is 48.3 Å². The molecule has 1 aliphatic heterocycles. The summed E-state index contributed by atoms with van der Waals surface area (Å²) in [5.74, 6) is -0.698. The fourth-order valence-corrected chi connectivity index (χ4v) is 2.21. The molecule has 88 valence electrons. The van der Waals surface area contributed by atoms with Gasteiger partial charge < -0.3 is 9.84 Å². The Bertz CT molecular complexity index is 200. The van der Waals surface area contributed by atoms with Crippen LogP contribution in [-0.2, 0) is 9.53 Å². The van der Waals surface area contributed by atoms with Crippen LogP contribution in [0.1, 0.15) is 32.6 Å². The quantitative estimate of drug-likeness (QED) is 0.752. The topological polar surface area (TPSA) is 49.8 Å². The predicted octanol–water partition coefficient (Wildman–Crippen LogP) is 1.35. The zero-order valence-corrected chi connectivity index (χ0v) is 9.61. The van der Waals surface area contributed by atoms with Gasteiger partial charge in [-0.15, -0.1) is 0 Å². The number of carboxylic acids is 1. The molecule has 0 bridgehead atoms. The molecule has 1 saturated heterocycles. The lowest BCUT2D eigenvalue weighted by molar-refractivity contribution is -0.138. The first kappa shape index (κ1) is 12.5. The number of likely N-dealkylation sites (tertiary alicyclic amines) is 1. The molecular weight excluding hydrogens is 194 g/mol. The molecule has 1 rings (SSSR count). The van der Waals surface area contributed by atoms with Crippen molar-refractivity contribution in [2.45, 2.75) is 44.8 Å². The van der Waals surface area contributed by atoms with E-state index in [2.05, 4.69) is 11.8 Å². The van der Waals surface area contributed by atoms with Crippen molar-refractivity contribution < 1.29 is 14.6 Å². The number of carboxylic acid groups (broad SMARTS) is 1. The Kier molecular flexibility index (Phi) is 5.05. The molecule has 1 atom stereocenters. The van der Waals surface area contributed by atoms with Gasteiger partial charge in [0.15, 0.2) is 0 Å². The molecule has 1 N–H and O–H groups in total. The summed E-state index contributed by atoms with van der Waals surface area (Å²) in [6, 6.07) is 0.195. The number of hydrogen-bond donors (Lipinski definition) is 1. The molecule has 4 heteroatoms. The molecule has 0 aromatic rings. The number of ether oxygens (including phenoxy) is 1. The summed E-state index contributed by atoms with van der Waals surface area (Å²) >= 11 is 0. The van der Waals surface area contributed by atoms with Gasteiger partial charge in [-0.2, -0.15) is 0 Å². The zero-order valence-electron chi connectivity index (χ0n) is 9.61. The summed E-state index contributed by atoms with van der Waals surface area (Å²) in [4.78, 5) is 13.0. The molecular formula is C11H21NO3. The van der Waals surface area contributed by atoms with Gasteiger partial charge in [0, 0.05) is 26.2 Å². The van der Waals surface area contributed by atoms with Gasteiger partial charge in [-0.25, -0.2) is 0 Å². The Morgan fingerprint density at radius 1 is 1.53 bits per heavy atom. The monoisotopic (exact) mass is 215 g/mol. The Balaban J connectivity index is 2.39. The SMILES string of the molecule is CCC(CC(=O)O)N1CCC(OC)CC1. The fraction of sp³-hybridized carbons (Fsp3) is 0.909. The Morgan fingerprint density at radius 3 is 2.53 bits per heavy atom. The highest BCUT2D eigenvalue weighted by Crippen LogP contribution is 2.18. The van der Waals surface area contributed by atoms with E-state index in [1.54, 1.807) is 7.11 Å². The Morgan fingerprint density at radius 2 is 2.13 bits per heavy atom. The van der Waals surface area contributed by atoms with Crippen molar-refractivity contribution in [1.82, 2.24) is 4.90 Å². The number of methoxy groups -OCH3 is 1. The largest absolute Gasteiger partial charge is 0.481 e. The van der Waals surface area contributed by atoms with Gasteiger partial charge in [0.2, 0.25) is 0 Å². The van der Waals surface area contributed by atoms with Crippen LogP contribution in [0.2, 0.25) is 0 Å². The first-order valence-corrected chi connectivity index (χ1v) is 5.66. The molecule has 0 radical (unpaired) electrons. The lowest BCUT2D eigenvalue weighted by Crippen LogP contribution is -2.43. The summed E-state index contributed by atoms with van der Waals surface area (Å²) in [6.45, 7) is 3.98. The molecule has 0 spiro atoms. The van der Waals surface area contributed by atoms with Crippen LogP contribution < -0.4 is 0 Å². The van der Waals surface area contributed by atoms with E-state index in [0.29, 0.717) is 6.10 Å². The number of nitrogens with zero attached hydrogens (tertiary/aromatic N) is 1. The summed E-state index contributed by atoms with van der Waals surface area (Å²) < 4.78 is 5.29. The maximum absolute atomic E-state index is 10.7. The van der Waals surface area contributed by atoms with Crippen molar-refractivity contribution in [1.29, 1.82) is 0 Å². The highest BCUT2D eigenvalue weighted by molar-refractivity contribution is 5.67. The normalized spacial score (nSPS) is 21.5. The van der Waals surface area contributed by atoms with E-state index in [1.807, 2.05) is 0 Å². The minimum Gasteiger partial charge on any atom is -0.481 e. The standard InChI is InChI=1S/C11H21NO3/c1-3-9(8-11(13)14)12-6-4-10(15-2)5-7-12/h9-10H,3-8H2,1-2H3,(H,13,14). The minimum absolute atomic E-state index is 0.195. The van der Waals surface area contributed by atoms with E-state index in [9.17, 15) is 4.79 Å². The van der Waals surface area contributed by atoms with Crippen LogP contribution in [0.3, 0.4) is 0 Å². The van der Waals surface area contributed by atoms with Crippen molar-refractivity contribution in [3.05, 3.63) is 0 Å². The second-order valence-electron chi connectivity index (χ2n) is 4.13. The van der Waals surface area contributed by atoms with Gasteiger partial charge in [0.05, 0.1) is 12.5 Å². The fourth-order valence-electron chi connectivity index (χ4n) is 2.21. The van der Waals surface area contributed by atoms with Crippen molar-refractivity contribution in [3.8, 4) is 0 Å². The van der Waals surface area contributed by atoms with Crippen LogP contribution in [0.5, 0.6) is 0 Å². The van der Waals surface area contributed by atoms with Gasteiger partial charge in [-0.1, -0.05) is 6.92 Å². The molecule has 1 heterocycles. The van der Waals surface area contributed by atoms with Gasteiger partial charge >= 0.3 is 5.97 Å². The summed E-state index contributed by atoms with van der Waals surface area (Å²) in [6.07, 6.45) is 3.57. The summed E-state index contributed by atoms with van der Waals surface area (Å²) in [7, 11) is 1.74. The maximum atomic E-state index is 10.7. The van der Waals surface area contributed by atoms with Crippen molar-refractivity contribution >= 4 is 5.97 Å². The molecule has 0 saturated carbocycles. The van der Waals surface area contributed by atoms with Crippen LogP contribution in [0.4, 0.5) is 0 Å². The number of rotatable bonds is 5. The van der Waals surface area contributed by atoms with E-state index < -0.39 is 5.97 Å². The first-order valence-electron chi connectivity index (χ1n) is 5.66. The lowest BCUT2D eigenvalue weighted by atomic mass is 10.0. The molecule has 0 aromatic heterocycles. The second kappa shape index (κ2) is 6.08. The molecule has 1 aliphatic rings. The lowest BCUT2D eigenvalue weighted by Gasteiger charge is -2.36. The molecule has 4 nitrogen and oxygen atoms in total. The maximum Gasteiger partial charge on any atom is 0.304 e. The van der Waals surface area contributed by atoms with Crippen LogP contribution in [0, 0.1) is 0 Å². The summed E-state index contributed by atoms with van der Waals surface area (Å²) in [5.41, 5.74) is 0. The average Bonchev–Trinajstić information content (AvgIpc) is 2.26. The molecule has 0 amide bonds. The Labute approximate surface area is 91.2 Å². The van der Waals surface area contributed by atoms with E-state index in [4.69, 9.17) is 9.84 Å². The number of piperidine rings is 1. The second-order valence-corrected chi connectivity index (χ2v) is 4.13. The predicted molar refractivity (Wildman–Crippen MR) is 57.9 cm³/mol. The van der Waals surface area contributed by atoms with Crippen LogP contribution >= 0.6 is 0 Å². The number of carbonyl (C=O) groups is 1. The van der Waals surface area contributed by atoms with Gasteiger partial charge in [-0.3, -0.25) is 9.69 Å². The van der Waals surface area contributed by atoms with E-state index >= 15 is 0 Å². The van der Waals surface area contributed by atoms with Crippen molar-refractivity contribution in [2.75, 3.05) is 20.2 Å². The molecule has 0 aliphatic carbocycles. The Hall–Kier alpha value is -0.610. The van der Waals surface area contributed by atoms with E-state index in [1.165, 1.54) is 0 Å². The van der Waals surface area contributed by atoms with Crippen LogP contribution in [0.25, 0.3) is 0 Å². The van der Waals surface area contributed by atoms with Crippen LogP contribution in [0.15, 0.2) is 0 Å². The zero-order chi connectivity index (χ0) is 11.3. The summed E-state index contributed by atoms with van der Waals surface area (Å²) in [5, 5.41) is 8.79. The highest BCUT2D eigenvalue weighted by atomic mass is 16.5. The van der Waals surface area contributed by atoms with Gasteiger partial charge in [0.1, 0.15) is 0 Å². The average molecular weight is 215 g/mol. The number of hydrogen-bond acceptors (Lipinski definition) is 3. The molecule has 1 fully saturated rings. The smallest absolute Gasteiger partial charge is 0.304 e. The third-order valence-corrected chi connectivity index (χ3v) is 3.21. The van der Waals surface area contributed by atoms with E-state index in [-0.39, 0.29) is 12.5 Å². The number of aliphatic carboxylic acids is 1. The minimum atomic E-state index is -0.698. The first-order chi connectivity index (χ1) is 7.17. The molecule has 1 unspecified atom stereocenters.